The van der Waals surface area contributed by atoms with Crippen molar-refractivity contribution in [2.24, 2.45) is 5.92 Å². The fraction of sp³-hybridized carbons (Fsp3) is 0.500. The Morgan fingerprint density at radius 3 is 2.89 bits per heavy atom. The first-order chi connectivity index (χ1) is 9.04. The third-order valence-electron chi connectivity index (χ3n) is 2.95. The fourth-order valence-corrected chi connectivity index (χ4v) is 2.66. The van der Waals surface area contributed by atoms with Crippen molar-refractivity contribution in [3.63, 3.8) is 0 Å². The van der Waals surface area contributed by atoms with E-state index in [0.717, 1.165) is 6.54 Å². The maximum Gasteiger partial charge on any atom is 0.266 e. The number of hydrogen-bond acceptors (Lipinski definition) is 6. The molecule has 0 amide bonds. The van der Waals surface area contributed by atoms with Gasteiger partial charge in [-0.1, -0.05) is 5.16 Å². The van der Waals surface area contributed by atoms with Gasteiger partial charge in [0.2, 0.25) is 5.82 Å². The Hall–Kier alpha value is -1.90. The van der Waals surface area contributed by atoms with E-state index in [1.807, 2.05) is 0 Å². The predicted molar refractivity (Wildman–Crippen MR) is 64.8 cm³/mol. The van der Waals surface area contributed by atoms with Crippen molar-refractivity contribution in [1.29, 1.82) is 0 Å². The van der Waals surface area contributed by atoms with Crippen LogP contribution in [0.5, 0.6) is 0 Å². The van der Waals surface area contributed by atoms with Gasteiger partial charge in [0, 0.05) is 12.7 Å². The van der Waals surface area contributed by atoms with Gasteiger partial charge in [0.15, 0.2) is 0 Å². The largest absolute Gasteiger partial charge is 0.271 e. The van der Waals surface area contributed by atoms with Crippen LogP contribution < -0.4 is 4.72 Å². The summed E-state index contributed by atoms with van der Waals surface area (Å²) in [6, 6.07) is 0. The lowest BCUT2D eigenvalue weighted by Crippen LogP contribution is -2.13. The zero-order valence-corrected chi connectivity index (χ0v) is 11.1. The van der Waals surface area contributed by atoms with E-state index in [9.17, 15) is 8.42 Å². The Morgan fingerprint density at radius 1 is 1.47 bits per heavy atom. The average Bonchev–Trinajstić information content (AvgIpc) is 2.86. The first-order valence-corrected chi connectivity index (χ1v) is 7.37. The van der Waals surface area contributed by atoms with Crippen LogP contribution in [0.4, 0.5) is 5.82 Å². The van der Waals surface area contributed by atoms with Crippen molar-refractivity contribution >= 4 is 15.8 Å². The van der Waals surface area contributed by atoms with Crippen LogP contribution in [-0.4, -0.2) is 28.5 Å². The zero-order chi connectivity index (χ0) is 13.5. The molecule has 1 fully saturated rings. The lowest BCUT2D eigenvalue weighted by atomic mass is 10.4. The van der Waals surface area contributed by atoms with Gasteiger partial charge in [-0.2, -0.15) is 5.10 Å². The molecule has 0 unspecified atom stereocenters. The van der Waals surface area contributed by atoms with Gasteiger partial charge in [-0.25, -0.2) is 13.0 Å². The summed E-state index contributed by atoms with van der Waals surface area (Å²) in [7, 11) is -3.70. The third kappa shape index (κ3) is 2.60. The molecule has 0 atom stereocenters. The summed E-state index contributed by atoms with van der Waals surface area (Å²) in [6.45, 7) is 2.37. The summed E-state index contributed by atoms with van der Waals surface area (Å²) in [5.41, 5.74) is 0.383. The van der Waals surface area contributed by atoms with Crippen molar-refractivity contribution in [3.8, 4) is 0 Å². The van der Waals surface area contributed by atoms with Crippen molar-refractivity contribution in [2.45, 2.75) is 31.2 Å². The maximum atomic E-state index is 12.1. The minimum atomic E-state index is -3.70. The van der Waals surface area contributed by atoms with Crippen molar-refractivity contribution in [2.75, 3.05) is 4.72 Å². The SMILES string of the molecule is Cc1nonc1NS(=O)(=O)c1cnn(CC2CC2)c1. The van der Waals surface area contributed by atoms with Gasteiger partial charge in [0.05, 0.1) is 6.20 Å². The van der Waals surface area contributed by atoms with Crippen molar-refractivity contribution in [3.05, 3.63) is 18.1 Å². The number of rotatable bonds is 5. The standard InChI is InChI=1S/C10H13N5O3S/c1-7-10(13-18-12-7)14-19(16,17)9-4-11-15(6-9)5-8-2-3-8/h4,6,8H,2-3,5H2,1H3,(H,13,14). The van der Waals surface area contributed by atoms with Crippen LogP contribution in [0.1, 0.15) is 18.5 Å². The van der Waals surface area contributed by atoms with Gasteiger partial charge in [0.25, 0.3) is 10.0 Å². The average molecular weight is 283 g/mol. The summed E-state index contributed by atoms with van der Waals surface area (Å²) in [6.07, 6.45) is 5.21. The molecule has 0 bridgehead atoms. The van der Waals surface area contributed by atoms with Crippen LogP contribution in [0, 0.1) is 12.8 Å². The molecule has 2 aromatic heterocycles. The summed E-state index contributed by atoms with van der Waals surface area (Å²) < 4.78 is 32.6. The monoisotopic (exact) mass is 283 g/mol. The Kier molecular flexibility index (Phi) is 2.77. The smallest absolute Gasteiger partial charge is 0.266 e. The Labute approximate surface area is 109 Å². The second-order valence-corrected chi connectivity index (χ2v) is 6.33. The first-order valence-electron chi connectivity index (χ1n) is 5.89. The molecule has 1 N–H and O–H groups in total. The van der Waals surface area contributed by atoms with Gasteiger partial charge in [-0.05, 0) is 30.8 Å². The van der Waals surface area contributed by atoms with E-state index in [1.165, 1.54) is 25.2 Å². The molecule has 0 aliphatic heterocycles. The molecule has 2 heterocycles. The van der Waals surface area contributed by atoms with E-state index < -0.39 is 10.0 Å². The van der Waals surface area contributed by atoms with Crippen LogP contribution in [0.3, 0.4) is 0 Å². The first kappa shape index (κ1) is 12.2. The molecule has 1 aliphatic rings. The van der Waals surface area contributed by atoms with Crippen LogP contribution in [0.25, 0.3) is 0 Å². The number of nitrogens with zero attached hydrogens (tertiary/aromatic N) is 4. The Morgan fingerprint density at radius 2 is 2.26 bits per heavy atom. The molecule has 0 saturated heterocycles. The molecule has 102 valence electrons. The van der Waals surface area contributed by atoms with E-state index in [0.29, 0.717) is 11.6 Å². The minimum absolute atomic E-state index is 0.0925. The molecule has 19 heavy (non-hydrogen) atoms. The van der Waals surface area contributed by atoms with Gasteiger partial charge in [-0.15, -0.1) is 0 Å². The predicted octanol–water partition coefficient (Wildman–Crippen LogP) is 0.785. The number of aromatic nitrogens is 4. The maximum absolute atomic E-state index is 12.1. The molecule has 3 rings (SSSR count). The van der Waals surface area contributed by atoms with E-state index >= 15 is 0 Å². The molecule has 0 aromatic carbocycles. The highest BCUT2D eigenvalue weighted by molar-refractivity contribution is 7.92. The highest BCUT2D eigenvalue weighted by Crippen LogP contribution is 2.30. The van der Waals surface area contributed by atoms with Crippen LogP contribution in [-0.2, 0) is 16.6 Å². The number of hydrogen-bond donors (Lipinski definition) is 1. The Balaban J connectivity index is 1.79. The summed E-state index contributed by atoms with van der Waals surface area (Å²) in [5.74, 6) is 0.723. The van der Waals surface area contributed by atoms with Crippen LogP contribution >= 0.6 is 0 Å². The molecule has 9 heteroatoms. The Bertz CT molecular complexity index is 686. The summed E-state index contributed by atoms with van der Waals surface area (Å²) >= 11 is 0. The second-order valence-electron chi connectivity index (χ2n) is 4.65. The highest BCUT2D eigenvalue weighted by Gasteiger charge is 2.24. The normalized spacial score (nSPS) is 15.6. The second kappa shape index (κ2) is 4.34. The topological polar surface area (TPSA) is 103 Å². The zero-order valence-electron chi connectivity index (χ0n) is 10.3. The third-order valence-corrected chi connectivity index (χ3v) is 4.24. The van der Waals surface area contributed by atoms with E-state index in [-0.39, 0.29) is 10.7 Å². The van der Waals surface area contributed by atoms with E-state index in [1.54, 1.807) is 11.6 Å². The summed E-state index contributed by atoms with van der Waals surface area (Å²) in [4.78, 5) is 0.107. The van der Waals surface area contributed by atoms with Gasteiger partial charge < -0.3 is 0 Å². The molecule has 8 nitrogen and oxygen atoms in total. The van der Waals surface area contributed by atoms with Crippen molar-refractivity contribution < 1.29 is 13.0 Å². The van der Waals surface area contributed by atoms with Gasteiger partial charge in [0.1, 0.15) is 10.6 Å². The molecule has 0 spiro atoms. The molecule has 0 radical (unpaired) electrons. The number of anilines is 1. The quantitative estimate of drug-likeness (QED) is 0.870. The highest BCUT2D eigenvalue weighted by atomic mass is 32.2. The molecule has 1 aliphatic carbocycles. The van der Waals surface area contributed by atoms with Crippen LogP contribution in [0.2, 0.25) is 0 Å². The van der Waals surface area contributed by atoms with Gasteiger partial charge in [-0.3, -0.25) is 9.40 Å². The van der Waals surface area contributed by atoms with E-state index in [2.05, 4.69) is 24.8 Å². The summed E-state index contributed by atoms with van der Waals surface area (Å²) in [5, 5.41) is 11.1. The molecule has 2 aromatic rings. The fourth-order valence-electron chi connectivity index (χ4n) is 1.66. The number of aryl methyl sites for hydroxylation is 1. The van der Waals surface area contributed by atoms with E-state index in [4.69, 9.17) is 0 Å². The number of sulfonamides is 1. The minimum Gasteiger partial charge on any atom is -0.271 e. The molecule has 1 saturated carbocycles. The molecular formula is C10H13N5O3S. The lowest BCUT2D eigenvalue weighted by molar-refractivity contribution is 0.306. The molecular weight excluding hydrogens is 270 g/mol. The van der Waals surface area contributed by atoms with Crippen molar-refractivity contribution in [1.82, 2.24) is 20.1 Å². The number of nitrogens with one attached hydrogen (secondary N) is 1. The lowest BCUT2D eigenvalue weighted by Gasteiger charge is -2.02. The van der Waals surface area contributed by atoms with Gasteiger partial charge >= 0.3 is 0 Å². The van der Waals surface area contributed by atoms with Crippen LogP contribution in [0.15, 0.2) is 21.9 Å².